The lowest BCUT2D eigenvalue weighted by Gasteiger charge is -2.36. The summed E-state index contributed by atoms with van der Waals surface area (Å²) in [5.41, 5.74) is 7.94. The lowest BCUT2D eigenvalue weighted by Crippen LogP contribution is -2.38. The quantitative estimate of drug-likeness (QED) is 0.270. The highest BCUT2D eigenvalue weighted by molar-refractivity contribution is 7.97. The first-order chi connectivity index (χ1) is 15.5. The summed E-state index contributed by atoms with van der Waals surface area (Å²) < 4.78 is 2.27. The zero-order chi connectivity index (χ0) is 22.2. The zero-order valence-electron chi connectivity index (χ0n) is 19.0. The first kappa shape index (κ1) is 22.5. The van der Waals surface area contributed by atoms with Gasteiger partial charge in [-0.2, -0.15) is 4.98 Å². The van der Waals surface area contributed by atoms with E-state index in [1.807, 2.05) is 0 Å². The predicted molar refractivity (Wildman–Crippen MR) is 136 cm³/mol. The number of hydrogen-bond donors (Lipinski definition) is 2. The van der Waals surface area contributed by atoms with Gasteiger partial charge in [-0.3, -0.25) is 4.99 Å². The molecular formula is C24H35ClN6S. The number of fused-ring (bicyclic) bond motifs is 1. The van der Waals surface area contributed by atoms with Crippen molar-refractivity contribution in [2.45, 2.75) is 63.8 Å². The number of nitrogens with two attached hydrogens (primary N) is 1. The normalized spacial score (nSPS) is 26.5. The molecule has 0 radical (unpaired) electrons. The highest BCUT2D eigenvalue weighted by atomic mass is 35.5. The second-order valence-corrected chi connectivity index (χ2v) is 10.9. The Bertz CT molecular complexity index is 990. The van der Waals surface area contributed by atoms with Crippen LogP contribution in [0.25, 0.3) is 11.0 Å². The van der Waals surface area contributed by atoms with Crippen LogP contribution in [0.15, 0.2) is 11.2 Å². The van der Waals surface area contributed by atoms with Crippen molar-refractivity contribution in [1.82, 2.24) is 19.4 Å². The molecular weight excluding hydrogens is 440 g/mol. The first-order valence-electron chi connectivity index (χ1n) is 12.3. The number of aromatic nitrogens is 3. The fourth-order valence-electron chi connectivity index (χ4n) is 6.55. The number of nitrogen functional groups attached to an aromatic ring is 1. The van der Waals surface area contributed by atoms with E-state index in [0.717, 1.165) is 34.4 Å². The Morgan fingerprint density at radius 3 is 2.59 bits per heavy atom. The number of aliphatic imine (C=N–C) groups is 1. The molecule has 2 atom stereocenters. The van der Waals surface area contributed by atoms with Crippen molar-refractivity contribution < 1.29 is 0 Å². The summed E-state index contributed by atoms with van der Waals surface area (Å²) in [6, 6.07) is 0.413. The molecule has 5 rings (SSSR count). The Morgan fingerprint density at radius 1 is 1.12 bits per heavy atom. The summed E-state index contributed by atoms with van der Waals surface area (Å²) in [5, 5.41) is 1.66. The van der Waals surface area contributed by atoms with Crippen LogP contribution in [0, 0.1) is 17.8 Å². The Labute approximate surface area is 201 Å². The van der Waals surface area contributed by atoms with Crippen LogP contribution < -0.4 is 5.73 Å². The van der Waals surface area contributed by atoms with Crippen LogP contribution >= 0.6 is 24.2 Å². The van der Waals surface area contributed by atoms with Crippen molar-refractivity contribution in [2.75, 3.05) is 32.4 Å². The van der Waals surface area contributed by atoms with Crippen LogP contribution in [0.2, 0.25) is 5.28 Å². The average molecular weight is 475 g/mol. The molecule has 0 amide bonds. The second kappa shape index (κ2) is 9.51. The van der Waals surface area contributed by atoms with E-state index in [9.17, 15) is 0 Å². The van der Waals surface area contributed by atoms with Gasteiger partial charge in [0.15, 0.2) is 0 Å². The number of piperidine rings is 1. The van der Waals surface area contributed by atoms with E-state index in [0.29, 0.717) is 16.9 Å². The molecule has 0 aromatic carbocycles. The van der Waals surface area contributed by atoms with Gasteiger partial charge in [-0.25, -0.2) is 4.98 Å². The van der Waals surface area contributed by atoms with Crippen molar-refractivity contribution in [3.05, 3.63) is 17.0 Å². The van der Waals surface area contributed by atoms with Crippen molar-refractivity contribution in [2.24, 2.45) is 22.7 Å². The van der Waals surface area contributed by atoms with Crippen LogP contribution in [0.1, 0.15) is 69.4 Å². The van der Waals surface area contributed by atoms with Gasteiger partial charge in [-0.1, -0.05) is 12.8 Å². The number of anilines is 1. The van der Waals surface area contributed by atoms with Crippen molar-refractivity contribution in [1.29, 1.82) is 0 Å². The van der Waals surface area contributed by atoms with Crippen LogP contribution in [0.4, 0.5) is 5.82 Å². The van der Waals surface area contributed by atoms with Crippen LogP contribution in [0.3, 0.4) is 0 Å². The molecule has 2 saturated carbocycles. The third-order valence-electron chi connectivity index (χ3n) is 8.25. The number of hydrogen-bond acceptors (Lipinski definition) is 5. The first-order valence-corrected chi connectivity index (χ1v) is 13.1. The molecule has 1 saturated heterocycles. The van der Waals surface area contributed by atoms with E-state index >= 15 is 0 Å². The summed E-state index contributed by atoms with van der Waals surface area (Å²) >= 11 is 10.7. The Hall–Kier alpha value is -1.31. The second-order valence-electron chi connectivity index (χ2n) is 10.1. The van der Waals surface area contributed by atoms with Gasteiger partial charge in [-0.05, 0) is 87.4 Å². The van der Waals surface area contributed by atoms with Crippen LogP contribution in [-0.2, 0) is 0 Å². The van der Waals surface area contributed by atoms with E-state index in [1.54, 1.807) is 7.05 Å². The van der Waals surface area contributed by atoms with Gasteiger partial charge in [0.25, 0.3) is 0 Å². The minimum atomic E-state index is 0.194. The van der Waals surface area contributed by atoms with Gasteiger partial charge in [0.05, 0.1) is 10.4 Å². The number of halogens is 1. The van der Waals surface area contributed by atoms with Gasteiger partial charge in [0.2, 0.25) is 5.28 Å². The third-order valence-corrected chi connectivity index (χ3v) is 8.86. The number of likely N-dealkylation sites (tertiary alicyclic amines) is 1. The summed E-state index contributed by atoms with van der Waals surface area (Å²) in [6.45, 7) is 3.91. The highest BCUT2D eigenvalue weighted by Crippen LogP contribution is 2.44. The zero-order valence-corrected chi connectivity index (χ0v) is 20.7. The largest absolute Gasteiger partial charge is 0.383 e. The fourth-order valence-corrected chi connectivity index (χ4v) is 6.89. The summed E-state index contributed by atoms with van der Waals surface area (Å²) in [5.74, 6) is 3.00. The molecule has 6 nitrogen and oxygen atoms in total. The maximum Gasteiger partial charge on any atom is 0.226 e. The van der Waals surface area contributed by atoms with E-state index in [2.05, 4.69) is 43.3 Å². The molecule has 2 aromatic heterocycles. The molecule has 8 heteroatoms. The van der Waals surface area contributed by atoms with E-state index < -0.39 is 0 Å². The maximum atomic E-state index is 6.24. The van der Waals surface area contributed by atoms with Gasteiger partial charge in [0.1, 0.15) is 11.5 Å². The maximum absolute atomic E-state index is 6.24. The molecule has 0 bridgehead atoms. The molecule has 2 N–H and O–H groups in total. The van der Waals surface area contributed by atoms with E-state index in [4.69, 9.17) is 17.3 Å². The third kappa shape index (κ3) is 4.40. The molecule has 3 heterocycles. The minimum absolute atomic E-state index is 0.194. The van der Waals surface area contributed by atoms with Gasteiger partial charge in [-0.15, -0.1) is 12.6 Å². The summed E-state index contributed by atoms with van der Waals surface area (Å²) in [6.07, 6.45) is 14.3. The van der Waals surface area contributed by atoms with Gasteiger partial charge < -0.3 is 15.2 Å². The Morgan fingerprint density at radius 2 is 1.88 bits per heavy atom. The van der Waals surface area contributed by atoms with Gasteiger partial charge in [0, 0.05) is 31.4 Å². The minimum Gasteiger partial charge on any atom is -0.383 e. The highest BCUT2D eigenvalue weighted by Gasteiger charge is 2.35. The van der Waals surface area contributed by atoms with Gasteiger partial charge >= 0.3 is 0 Å². The topological polar surface area (TPSA) is 72.3 Å². The Balaban J connectivity index is 1.28. The SMILES string of the molecule is C/N=C(\S)c1cn(C2CCC(C3CCN(CC4CCCC4)CC3)C2)c2nc(Cl)nc(N)c12. The monoisotopic (exact) mass is 474 g/mol. The molecule has 2 unspecified atom stereocenters. The van der Waals surface area contributed by atoms with E-state index in [-0.39, 0.29) is 5.28 Å². The van der Waals surface area contributed by atoms with Crippen molar-refractivity contribution in [3.63, 3.8) is 0 Å². The van der Waals surface area contributed by atoms with Crippen molar-refractivity contribution >= 4 is 46.1 Å². The van der Waals surface area contributed by atoms with Crippen LogP contribution in [0.5, 0.6) is 0 Å². The molecule has 2 aromatic rings. The fraction of sp³-hybridized carbons (Fsp3) is 0.708. The lowest BCUT2D eigenvalue weighted by atomic mass is 9.83. The number of nitrogens with zero attached hydrogens (tertiary/aromatic N) is 5. The smallest absolute Gasteiger partial charge is 0.226 e. The van der Waals surface area contributed by atoms with Crippen molar-refractivity contribution in [3.8, 4) is 0 Å². The lowest BCUT2D eigenvalue weighted by molar-refractivity contribution is 0.131. The summed E-state index contributed by atoms with van der Waals surface area (Å²) in [7, 11) is 1.74. The molecule has 1 aliphatic heterocycles. The average Bonchev–Trinajstić information content (AvgIpc) is 3.53. The number of rotatable bonds is 5. The molecule has 3 aliphatic rings. The Kier molecular flexibility index (Phi) is 6.68. The number of thiol groups is 1. The standard InChI is InChI=1S/C24H35ClN6S/c1-27-23(32)19-14-31(22-20(19)21(26)28-24(25)29-22)18-7-6-17(12-18)16-8-10-30(11-9-16)13-15-4-2-3-5-15/h14-18H,2-13H2,1H3,(H,27,32)(H2,26,28,29). The predicted octanol–water partition coefficient (Wildman–Crippen LogP) is 5.22. The summed E-state index contributed by atoms with van der Waals surface area (Å²) in [4.78, 5) is 15.7. The van der Waals surface area contributed by atoms with Crippen LogP contribution in [-0.4, -0.2) is 51.2 Å². The molecule has 2 aliphatic carbocycles. The molecule has 3 fully saturated rings. The van der Waals surface area contributed by atoms with E-state index in [1.165, 1.54) is 77.4 Å². The molecule has 174 valence electrons. The molecule has 0 spiro atoms. The molecule has 32 heavy (non-hydrogen) atoms.